The first-order valence-corrected chi connectivity index (χ1v) is 8.89. The van der Waals surface area contributed by atoms with Crippen molar-refractivity contribution in [2.45, 2.75) is 27.7 Å². The Morgan fingerprint density at radius 1 is 1.23 bits per heavy atom. The fourth-order valence-electron chi connectivity index (χ4n) is 2.53. The smallest absolute Gasteiger partial charge is 0.350 e. The van der Waals surface area contributed by atoms with Crippen LogP contribution in [0.3, 0.4) is 0 Å². The molecule has 0 aliphatic heterocycles. The van der Waals surface area contributed by atoms with Crippen LogP contribution < -0.4 is 10.1 Å². The van der Waals surface area contributed by atoms with Crippen LogP contribution in [0.4, 0.5) is 5.13 Å². The van der Waals surface area contributed by atoms with Gasteiger partial charge in [-0.2, -0.15) is 0 Å². The van der Waals surface area contributed by atoms with Crippen molar-refractivity contribution < 1.29 is 19.1 Å². The van der Waals surface area contributed by atoms with Crippen LogP contribution in [0.2, 0.25) is 0 Å². The Hall–Kier alpha value is -2.67. The molecule has 0 radical (unpaired) electrons. The van der Waals surface area contributed by atoms with Crippen LogP contribution in [0.15, 0.2) is 24.8 Å². The molecule has 0 bridgehead atoms. The lowest BCUT2D eigenvalue weighted by molar-refractivity contribution is -0.118. The van der Waals surface area contributed by atoms with E-state index in [4.69, 9.17) is 9.47 Å². The van der Waals surface area contributed by atoms with Crippen LogP contribution >= 0.6 is 11.3 Å². The van der Waals surface area contributed by atoms with Gasteiger partial charge in [0.25, 0.3) is 5.91 Å². The summed E-state index contributed by atoms with van der Waals surface area (Å²) in [6, 6.07) is 4.01. The minimum absolute atomic E-state index is 0.126. The maximum atomic E-state index is 12.1. The molecular formula is C19H22N2O4S. The molecule has 1 aromatic carbocycles. The van der Waals surface area contributed by atoms with Crippen LogP contribution in [0.25, 0.3) is 0 Å². The third-order valence-corrected chi connectivity index (χ3v) is 4.57. The van der Waals surface area contributed by atoms with Crippen molar-refractivity contribution in [3.63, 3.8) is 0 Å². The zero-order valence-corrected chi connectivity index (χ0v) is 16.2. The van der Waals surface area contributed by atoms with E-state index in [1.807, 2.05) is 32.9 Å². The van der Waals surface area contributed by atoms with E-state index in [1.54, 1.807) is 6.92 Å². The summed E-state index contributed by atoms with van der Waals surface area (Å²) < 4.78 is 10.6. The molecule has 26 heavy (non-hydrogen) atoms. The monoisotopic (exact) mass is 374 g/mol. The Balaban J connectivity index is 1.98. The minimum Gasteiger partial charge on any atom is -0.483 e. The molecule has 0 atom stereocenters. The molecular weight excluding hydrogens is 352 g/mol. The second-order valence-electron chi connectivity index (χ2n) is 5.89. The standard InChI is InChI=1S/C19H22N2O4S/c1-6-7-24-18(23)17-14(5)20-19(26-17)21-15(22)10-25-16-12(3)8-11(2)9-13(16)4/h6,8-9H,1,7,10H2,2-5H3,(H,20,21,22). The first kappa shape index (κ1) is 19.7. The summed E-state index contributed by atoms with van der Waals surface area (Å²) in [4.78, 5) is 28.6. The summed E-state index contributed by atoms with van der Waals surface area (Å²) in [6.07, 6.45) is 1.49. The molecule has 2 rings (SSSR count). The lowest BCUT2D eigenvalue weighted by Crippen LogP contribution is -2.20. The lowest BCUT2D eigenvalue weighted by Gasteiger charge is -2.12. The Morgan fingerprint density at radius 3 is 2.50 bits per heavy atom. The number of hydrogen-bond donors (Lipinski definition) is 1. The van der Waals surface area contributed by atoms with Crippen LogP contribution in [0, 0.1) is 27.7 Å². The van der Waals surface area contributed by atoms with Gasteiger partial charge < -0.3 is 9.47 Å². The summed E-state index contributed by atoms with van der Waals surface area (Å²) in [5.41, 5.74) is 3.61. The highest BCUT2D eigenvalue weighted by molar-refractivity contribution is 7.17. The highest BCUT2D eigenvalue weighted by Crippen LogP contribution is 2.25. The van der Waals surface area contributed by atoms with Gasteiger partial charge in [-0.3, -0.25) is 10.1 Å². The fourth-order valence-corrected chi connectivity index (χ4v) is 3.40. The molecule has 0 fully saturated rings. The molecule has 0 spiro atoms. The topological polar surface area (TPSA) is 77.5 Å². The lowest BCUT2D eigenvalue weighted by atomic mass is 10.1. The molecule has 0 saturated heterocycles. The fraction of sp³-hybridized carbons (Fsp3) is 0.316. The Morgan fingerprint density at radius 2 is 1.88 bits per heavy atom. The molecule has 0 aliphatic rings. The summed E-state index contributed by atoms with van der Waals surface area (Å²) >= 11 is 1.07. The van der Waals surface area contributed by atoms with E-state index in [9.17, 15) is 9.59 Å². The molecule has 0 aliphatic carbocycles. The number of carbonyl (C=O) groups is 2. The van der Waals surface area contributed by atoms with Gasteiger partial charge in [-0.15, -0.1) is 0 Å². The zero-order chi connectivity index (χ0) is 19.3. The van der Waals surface area contributed by atoms with Crippen molar-refractivity contribution in [1.29, 1.82) is 0 Å². The Bertz CT molecular complexity index is 819. The second kappa shape index (κ2) is 8.62. The van der Waals surface area contributed by atoms with Crippen LogP contribution in [-0.2, 0) is 9.53 Å². The minimum atomic E-state index is -0.484. The highest BCUT2D eigenvalue weighted by atomic mass is 32.1. The average molecular weight is 374 g/mol. The van der Waals surface area contributed by atoms with Crippen LogP contribution in [-0.4, -0.2) is 30.1 Å². The van der Waals surface area contributed by atoms with Gasteiger partial charge in [0.1, 0.15) is 17.2 Å². The largest absolute Gasteiger partial charge is 0.483 e. The van der Waals surface area contributed by atoms with Crippen molar-refractivity contribution >= 4 is 28.3 Å². The van der Waals surface area contributed by atoms with Gasteiger partial charge in [0.05, 0.1) is 5.69 Å². The second-order valence-corrected chi connectivity index (χ2v) is 6.88. The SMILES string of the molecule is C=CCOC(=O)c1sc(NC(=O)COc2c(C)cc(C)cc2C)nc1C. The number of thiazole rings is 1. The molecule has 1 N–H and O–H groups in total. The first-order chi connectivity index (χ1) is 12.3. The number of nitrogens with one attached hydrogen (secondary N) is 1. The van der Waals surface area contributed by atoms with E-state index in [-0.39, 0.29) is 19.1 Å². The van der Waals surface area contributed by atoms with Gasteiger partial charge in [0.2, 0.25) is 0 Å². The highest BCUT2D eigenvalue weighted by Gasteiger charge is 2.18. The van der Waals surface area contributed by atoms with E-state index in [2.05, 4.69) is 16.9 Å². The molecule has 0 unspecified atom stereocenters. The molecule has 7 heteroatoms. The van der Waals surface area contributed by atoms with E-state index in [1.165, 1.54) is 6.08 Å². The Kier molecular flexibility index (Phi) is 6.52. The van der Waals surface area contributed by atoms with E-state index < -0.39 is 5.97 Å². The third-order valence-electron chi connectivity index (χ3n) is 3.51. The summed E-state index contributed by atoms with van der Waals surface area (Å²) in [6.45, 7) is 11.1. The first-order valence-electron chi connectivity index (χ1n) is 8.07. The number of carbonyl (C=O) groups excluding carboxylic acids is 2. The predicted molar refractivity (Wildman–Crippen MR) is 102 cm³/mol. The number of hydrogen-bond acceptors (Lipinski definition) is 6. The van der Waals surface area contributed by atoms with Crippen molar-refractivity contribution in [3.05, 3.63) is 52.0 Å². The van der Waals surface area contributed by atoms with Crippen molar-refractivity contribution in [2.24, 2.45) is 0 Å². The van der Waals surface area contributed by atoms with Crippen LogP contribution in [0.1, 0.15) is 32.1 Å². The van der Waals surface area contributed by atoms with Crippen LogP contribution in [0.5, 0.6) is 5.75 Å². The Labute approximate surface area is 156 Å². The molecule has 138 valence electrons. The molecule has 1 heterocycles. The quantitative estimate of drug-likeness (QED) is 0.590. The third kappa shape index (κ3) is 4.92. The summed E-state index contributed by atoms with van der Waals surface area (Å²) in [5.74, 6) is -0.124. The normalized spacial score (nSPS) is 10.3. The number of aromatic nitrogens is 1. The van der Waals surface area contributed by atoms with Crippen molar-refractivity contribution in [2.75, 3.05) is 18.5 Å². The molecule has 1 aromatic heterocycles. The van der Waals surface area contributed by atoms with Gasteiger partial charge in [0, 0.05) is 0 Å². The molecule has 2 aromatic rings. The number of anilines is 1. The van der Waals surface area contributed by atoms with E-state index >= 15 is 0 Å². The maximum absolute atomic E-state index is 12.1. The molecule has 0 saturated carbocycles. The zero-order valence-electron chi connectivity index (χ0n) is 15.3. The number of esters is 1. The average Bonchev–Trinajstić information content (AvgIpc) is 2.91. The van der Waals surface area contributed by atoms with Crippen molar-refractivity contribution in [3.8, 4) is 5.75 Å². The number of benzene rings is 1. The van der Waals surface area contributed by atoms with Crippen molar-refractivity contribution in [1.82, 2.24) is 4.98 Å². The number of aryl methyl sites for hydroxylation is 4. The summed E-state index contributed by atoms with van der Waals surface area (Å²) in [5, 5.41) is 2.98. The number of rotatable bonds is 7. The molecule has 1 amide bonds. The molecule has 6 nitrogen and oxygen atoms in total. The van der Waals surface area contributed by atoms with Gasteiger partial charge >= 0.3 is 5.97 Å². The van der Waals surface area contributed by atoms with Gasteiger partial charge in [0.15, 0.2) is 11.7 Å². The van der Waals surface area contributed by atoms with E-state index in [0.717, 1.165) is 28.0 Å². The predicted octanol–water partition coefficient (Wildman–Crippen LogP) is 3.74. The maximum Gasteiger partial charge on any atom is 0.350 e. The van der Waals surface area contributed by atoms with Gasteiger partial charge in [-0.05, 0) is 38.8 Å². The number of amides is 1. The van der Waals surface area contributed by atoms with Gasteiger partial charge in [-0.25, -0.2) is 9.78 Å². The summed E-state index contributed by atoms with van der Waals surface area (Å²) in [7, 11) is 0. The number of ether oxygens (including phenoxy) is 2. The van der Waals surface area contributed by atoms with Gasteiger partial charge in [-0.1, -0.05) is 41.7 Å². The number of nitrogens with zero attached hydrogens (tertiary/aromatic N) is 1. The van der Waals surface area contributed by atoms with E-state index in [0.29, 0.717) is 21.5 Å².